The molecule has 0 unspecified atom stereocenters. The highest BCUT2D eigenvalue weighted by Crippen LogP contribution is 2.25. The summed E-state index contributed by atoms with van der Waals surface area (Å²) in [5.74, 6) is 1.37. The van der Waals surface area contributed by atoms with Gasteiger partial charge in [0.05, 0.1) is 0 Å². The van der Waals surface area contributed by atoms with Crippen LogP contribution < -0.4 is 10.6 Å². The van der Waals surface area contributed by atoms with E-state index >= 15 is 0 Å². The van der Waals surface area contributed by atoms with Crippen molar-refractivity contribution >= 4 is 33.4 Å². The predicted octanol–water partition coefficient (Wildman–Crippen LogP) is 3.33. The third kappa shape index (κ3) is 2.74. The maximum atomic E-state index is 4.31. The van der Waals surface area contributed by atoms with Crippen LogP contribution in [0.4, 0.5) is 17.5 Å². The average Bonchev–Trinajstić information content (AvgIpc) is 2.35. The van der Waals surface area contributed by atoms with Gasteiger partial charge in [0.15, 0.2) is 0 Å². The molecule has 1 aromatic carbocycles. The van der Waals surface area contributed by atoms with Crippen molar-refractivity contribution in [1.82, 2.24) is 9.97 Å². The molecule has 0 bridgehead atoms. The van der Waals surface area contributed by atoms with E-state index in [4.69, 9.17) is 0 Å². The SMILES string of the molecule is CNc1nccc(Nc2cccc(Br)c2C)n1. The zero-order valence-corrected chi connectivity index (χ0v) is 11.2. The van der Waals surface area contributed by atoms with Crippen LogP contribution in [0.25, 0.3) is 0 Å². The first-order valence-corrected chi connectivity index (χ1v) is 6.03. The molecular weight excluding hydrogens is 280 g/mol. The second-order valence-electron chi connectivity index (χ2n) is 3.55. The van der Waals surface area contributed by atoms with Crippen molar-refractivity contribution in [3.05, 3.63) is 40.5 Å². The van der Waals surface area contributed by atoms with Crippen LogP contribution in [-0.4, -0.2) is 17.0 Å². The minimum atomic E-state index is 0.600. The first kappa shape index (κ1) is 11.9. The molecule has 0 radical (unpaired) electrons. The smallest absolute Gasteiger partial charge is 0.224 e. The Kier molecular flexibility index (Phi) is 3.58. The number of rotatable bonds is 3. The molecule has 0 amide bonds. The normalized spacial score (nSPS) is 10.1. The van der Waals surface area contributed by atoms with Gasteiger partial charge in [0.2, 0.25) is 5.95 Å². The van der Waals surface area contributed by atoms with Crippen molar-refractivity contribution in [2.45, 2.75) is 6.92 Å². The van der Waals surface area contributed by atoms with Crippen LogP contribution in [0.15, 0.2) is 34.9 Å². The Morgan fingerprint density at radius 1 is 1.24 bits per heavy atom. The highest BCUT2D eigenvalue weighted by atomic mass is 79.9. The van der Waals surface area contributed by atoms with E-state index in [0.717, 1.165) is 21.5 Å². The van der Waals surface area contributed by atoms with Crippen LogP contribution in [0.1, 0.15) is 5.56 Å². The Labute approximate surface area is 109 Å². The summed E-state index contributed by atoms with van der Waals surface area (Å²) < 4.78 is 1.07. The molecule has 0 fully saturated rings. The van der Waals surface area contributed by atoms with E-state index in [-0.39, 0.29) is 0 Å². The zero-order valence-electron chi connectivity index (χ0n) is 9.66. The van der Waals surface area contributed by atoms with Crippen LogP contribution in [0.5, 0.6) is 0 Å². The van der Waals surface area contributed by atoms with E-state index in [1.165, 1.54) is 0 Å². The van der Waals surface area contributed by atoms with Gasteiger partial charge in [-0.1, -0.05) is 22.0 Å². The van der Waals surface area contributed by atoms with Crippen LogP contribution >= 0.6 is 15.9 Å². The lowest BCUT2D eigenvalue weighted by molar-refractivity contribution is 1.15. The molecular formula is C12H13BrN4. The summed E-state index contributed by atoms with van der Waals surface area (Å²) in [7, 11) is 1.80. The van der Waals surface area contributed by atoms with Crippen molar-refractivity contribution in [2.75, 3.05) is 17.7 Å². The summed E-state index contributed by atoms with van der Waals surface area (Å²) >= 11 is 3.50. The highest BCUT2D eigenvalue weighted by molar-refractivity contribution is 9.10. The Morgan fingerprint density at radius 3 is 2.82 bits per heavy atom. The van der Waals surface area contributed by atoms with E-state index < -0.39 is 0 Å². The number of aromatic nitrogens is 2. The largest absolute Gasteiger partial charge is 0.357 e. The molecule has 1 aromatic heterocycles. The lowest BCUT2D eigenvalue weighted by Gasteiger charge is -2.10. The van der Waals surface area contributed by atoms with Crippen molar-refractivity contribution in [3.8, 4) is 0 Å². The van der Waals surface area contributed by atoms with Crippen LogP contribution in [0.3, 0.4) is 0 Å². The maximum Gasteiger partial charge on any atom is 0.224 e. The molecule has 0 saturated carbocycles. The van der Waals surface area contributed by atoms with Gasteiger partial charge in [-0.15, -0.1) is 0 Å². The molecule has 0 aliphatic carbocycles. The van der Waals surface area contributed by atoms with E-state index in [2.05, 4.69) is 36.5 Å². The first-order chi connectivity index (χ1) is 8.20. The van der Waals surface area contributed by atoms with Crippen molar-refractivity contribution in [1.29, 1.82) is 0 Å². The summed E-state index contributed by atoms with van der Waals surface area (Å²) in [5, 5.41) is 6.17. The number of anilines is 3. The van der Waals surface area contributed by atoms with Crippen molar-refractivity contribution in [2.24, 2.45) is 0 Å². The summed E-state index contributed by atoms with van der Waals surface area (Å²) in [4.78, 5) is 8.38. The minimum absolute atomic E-state index is 0.600. The quantitative estimate of drug-likeness (QED) is 0.911. The molecule has 88 valence electrons. The van der Waals surface area contributed by atoms with Crippen LogP contribution in [0.2, 0.25) is 0 Å². The van der Waals surface area contributed by atoms with Crippen molar-refractivity contribution < 1.29 is 0 Å². The number of hydrogen-bond donors (Lipinski definition) is 2. The van der Waals surface area contributed by atoms with E-state index in [1.807, 2.05) is 31.2 Å². The van der Waals surface area contributed by atoms with Crippen molar-refractivity contribution in [3.63, 3.8) is 0 Å². The van der Waals surface area contributed by atoms with E-state index in [1.54, 1.807) is 13.2 Å². The third-order valence-electron chi connectivity index (χ3n) is 2.41. The van der Waals surface area contributed by atoms with Gasteiger partial charge in [0, 0.05) is 23.4 Å². The van der Waals surface area contributed by atoms with E-state index in [0.29, 0.717) is 5.95 Å². The Morgan fingerprint density at radius 2 is 2.06 bits per heavy atom. The molecule has 2 N–H and O–H groups in total. The highest BCUT2D eigenvalue weighted by Gasteiger charge is 2.03. The molecule has 1 heterocycles. The number of halogens is 1. The van der Waals surface area contributed by atoms with Crippen LogP contribution in [-0.2, 0) is 0 Å². The summed E-state index contributed by atoms with van der Waals surface area (Å²) in [5.41, 5.74) is 2.18. The van der Waals surface area contributed by atoms with Gasteiger partial charge in [-0.05, 0) is 30.7 Å². The first-order valence-electron chi connectivity index (χ1n) is 5.23. The monoisotopic (exact) mass is 292 g/mol. The lowest BCUT2D eigenvalue weighted by Crippen LogP contribution is -2.00. The molecule has 0 saturated heterocycles. The summed E-state index contributed by atoms with van der Waals surface area (Å²) in [6.07, 6.45) is 1.72. The Hall–Kier alpha value is -1.62. The van der Waals surface area contributed by atoms with Gasteiger partial charge < -0.3 is 10.6 Å². The fourth-order valence-corrected chi connectivity index (χ4v) is 1.80. The molecule has 0 aliphatic heterocycles. The molecule has 2 aromatic rings. The van der Waals surface area contributed by atoms with Gasteiger partial charge >= 0.3 is 0 Å². The molecule has 5 heteroatoms. The number of hydrogen-bond acceptors (Lipinski definition) is 4. The van der Waals surface area contributed by atoms with Gasteiger partial charge in [-0.3, -0.25) is 0 Å². The van der Waals surface area contributed by atoms with Crippen LogP contribution in [0, 0.1) is 6.92 Å². The average molecular weight is 293 g/mol. The predicted molar refractivity (Wildman–Crippen MR) is 73.7 cm³/mol. The second-order valence-corrected chi connectivity index (χ2v) is 4.41. The molecule has 0 spiro atoms. The Bertz CT molecular complexity index is 528. The van der Waals surface area contributed by atoms with Gasteiger partial charge in [0.1, 0.15) is 5.82 Å². The van der Waals surface area contributed by atoms with E-state index in [9.17, 15) is 0 Å². The molecule has 2 rings (SSSR count). The van der Waals surface area contributed by atoms with Gasteiger partial charge in [-0.2, -0.15) is 4.98 Å². The second kappa shape index (κ2) is 5.14. The zero-order chi connectivity index (χ0) is 12.3. The van der Waals surface area contributed by atoms with Gasteiger partial charge in [0.25, 0.3) is 0 Å². The lowest BCUT2D eigenvalue weighted by atomic mass is 10.2. The topological polar surface area (TPSA) is 49.8 Å². The number of benzene rings is 1. The standard InChI is InChI=1S/C12H13BrN4/c1-8-9(13)4-3-5-10(8)16-11-6-7-15-12(14-2)17-11/h3-7H,1-2H3,(H2,14,15,16,17). The fraction of sp³-hybridized carbons (Fsp3) is 0.167. The third-order valence-corrected chi connectivity index (χ3v) is 3.27. The molecule has 0 aliphatic rings. The maximum absolute atomic E-state index is 4.31. The molecule has 4 nitrogen and oxygen atoms in total. The molecule has 0 atom stereocenters. The molecule has 17 heavy (non-hydrogen) atoms. The van der Waals surface area contributed by atoms with Gasteiger partial charge in [-0.25, -0.2) is 4.98 Å². The number of nitrogens with zero attached hydrogens (tertiary/aromatic N) is 2. The summed E-state index contributed by atoms with van der Waals surface area (Å²) in [6, 6.07) is 7.85. The fourth-order valence-electron chi connectivity index (χ4n) is 1.43. The summed E-state index contributed by atoms with van der Waals surface area (Å²) in [6.45, 7) is 2.05. The minimum Gasteiger partial charge on any atom is -0.357 e. The number of nitrogens with one attached hydrogen (secondary N) is 2. The Balaban J connectivity index is 2.28.